The molecule has 0 fully saturated rings. The first-order valence-corrected chi connectivity index (χ1v) is 8.81. The molecule has 3 aromatic carbocycles. The molecule has 0 spiro atoms. The molecule has 0 aliphatic heterocycles. The first-order valence-electron chi connectivity index (χ1n) is 8.00. The summed E-state index contributed by atoms with van der Waals surface area (Å²) in [5, 5.41) is 4.76. The Hall–Kier alpha value is -2.98. The molecule has 25 heavy (non-hydrogen) atoms. The molecule has 0 N–H and O–H groups in total. The number of nitrogens with zero attached hydrogens (tertiary/aromatic N) is 2. The molecule has 4 heteroatoms. The first kappa shape index (κ1) is 14.4. The van der Waals surface area contributed by atoms with Gasteiger partial charge in [0, 0.05) is 43.6 Å². The van der Waals surface area contributed by atoms with Crippen molar-refractivity contribution in [1.29, 1.82) is 0 Å². The van der Waals surface area contributed by atoms with E-state index in [0.29, 0.717) is 5.84 Å². The number of benzene rings is 3. The highest BCUT2D eigenvalue weighted by atomic mass is 32.1. The van der Waals surface area contributed by atoms with Crippen LogP contribution in [0.4, 0.5) is 0 Å². The molecule has 5 aromatic rings. The molecule has 3 nitrogen and oxygen atoms in total. The highest BCUT2D eigenvalue weighted by Crippen LogP contribution is 2.39. The van der Waals surface area contributed by atoms with Crippen molar-refractivity contribution in [3.05, 3.63) is 60.2 Å². The summed E-state index contributed by atoms with van der Waals surface area (Å²) in [5.41, 5.74) is 2.85. The molecular weight excluding hydrogens is 328 g/mol. The molecule has 5 rings (SSSR count). The van der Waals surface area contributed by atoms with Gasteiger partial charge in [0.2, 0.25) is 0 Å². The van der Waals surface area contributed by atoms with Crippen LogP contribution in [0.5, 0.6) is 0 Å². The van der Waals surface area contributed by atoms with E-state index in [1.54, 1.807) is 18.4 Å². The fraction of sp³-hybridized carbons (Fsp3) is 0.0476. The lowest BCUT2D eigenvalue weighted by Crippen LogP contribution is -1.95. The topological polar surface area (TPSA) is 37.9 Å². The largest absolute Gasteiger partial charge is 0.456 e. The van der Waals surface area contributed by atoms with Gasteiger partial charge < -0.3 is 4.42 Å². The van der Waals surface area contributed by atoms with E-state index >= 15 is 0 Å². The Morgan fingerprint density at radius 2 is 1.72 bits per heavy atom. The Morgan fingerprint density at radius 1 is 0.880 bits per heavy atom. The van der Waals surface area contributed by atoms with Gasteiger partial charge in [-0.25, -0.2) is 4.99 Å². The van der Waals surface area contributed by atoms with Crippen LogP contribution >= 0.6 is 11.3 Å². The highest BCUT2D eigenvalue weighted by molar-refractivity contribution is 7.25. The Morgan fingerprint density at radius 3 is 2.56 bits per heavy atom. The number of fused-ring (bicyclic) bond motifs is 6. The monoisotopic (exact) mass is 342 g/mol. The maximum atomic E-state index is 6.02. The van der Waals surface area contributed by atoms with Gasteiger partial charge in [-0.05, 0) is 43.1 Å². The molecule has 2 aromatic heterocycles. The second kappa shape index (κ2) is 5.26. The van der Waals surface area contributed by atoms with Crippen molar-refractivity contribution < 1.29 is 4.42 Å². The van der Waals surface area contributed by atoms with Crippen LogP contribution < -0.4 is 0 Å². The van der Waals surface area contributed by atoms with Crippen LogP contribution in [0.15, 0.2) is 69.0 Å². The van der Waals surface area contributed by atoms with E-state index in [4.69, 9.17) is 4.42 Å². The molecule has 0 radical (unpaired) electrons. The van der Waals surface area contributed by atoms with E-state index in [0.717, 1.165) is 27.5 Å². The molecule has 0 bridgehead atoms. The van der Waals surface area contributed by atoms with Gasteiger partial charge in [0.25, 0.3) is 0 Å². The Bertz CT molecular complexity index is 1320. The fourth-order valence-corrected chi connectivity index (χ4v) is 4.52. The molecule has 120 valence electrons. The number of para-hydroxylation sites is 1. The molecule has 0 aliphatic carbocycles. The molecule has 0 saturated heterocycles. The zero-order valence-electron chi connectivity index (χ0n) is 13.6. The van der Waals surface area contributed by atoms with Crippen LogP contribution in [-0.4, -0.2) is 19.6 Å². The van der Waals surface area contributed by atoms with Gasteiger partial charge in [0.1, 0.15) is 11.2 Å². The average molecular weight is 342 g/mol. The number of amidine groups is 1. The lowest BCUT2D eigenvalue weighted by molar-refractivity contribution is 0.669. The zero-order valence-corrected chi connectivity index (χ0v) is 14.4. The second-order valence-corrected chi connectivity index (χ2v) is 7.04. The van der Waals surface area contributed by atoms with Gasteiger partial charge in [0.05, 0.1) is 0 Å². The SMILES string of the molecule is C=NC(=NC)c1ccc2sc3cc4oc5ccccc5c4cc3c2c1. The highest BCUT2D eigenvalue weighted by Gasteiger charge is 2.13. The lowest BCUT2D eigenvalue weighted by atomic mass is 10.1. The normalized spacial score (nSPS) is 12.6. The van der Waals surface area contributed by atoms with Crippen LogP contribution in [0.1, 0.15) is 5.56 Å². The lowest BCUT2D eigenvalue weighted by Gasteiger charge is -2.00. The van der Waals surface area contributed by atoms with Crippen molar-refractivity contribution in [2.75, 3.05) is 7.05 Å². The minimum Gasteiger partial charge on any atom is -0.456 e. The summed E-state index contributed by atoms with van der Waals surface area (Å²) >= 11 is 1.78. The Balaban J connectivity index is 1.88. The molecule has 0 aliphatic rings. The van der Waals surface area contributed by atoms with Gasteiger partial charge >= 0.3 is 0 Å². The van der Waals surface area contributed by atoms with Crippen LogP contribution in [0.2, 0.25) is 0 Å². The molecule has 0 unspecified atom stereocenters. The van der Waals surface area contributed by atoms with Crippen molar-refractivity contribution >= 4 is 66.0 Å². The summed E-state index contributed by atoms with van der Waals surface area (Å²) in [6, 6.07) is 18.9. The molecule has 0 amide bonds. The molecular formula is C21H14N2OS. The van der Waals surface area contributed by atoms with E-state index in [9.17, 15) is 0 Å². The van der Waals surface area contributed by atoms with Crippen molar-refractivity contribution in [1.82, 2.24) is 0 Å². The minimum absolute atomic E-state index is 0.663. The summed E-state index contributed by atoms with van der Waals surface area (Å²) in [6.07, 6.45) is 0. The molecule has 0 atom stereocenters. The number of furan rings is 1. The van der Waals surface area contributed by atoms with Crippen LogP contribution in [0.3, 0.4) is 0 Å². The van der Waals surface area contributed by atoms with Gasteiger partial charge in [-0.3, -0.25) is 4.99 Å². The van der Waals surface area contributed by atoms with E-state index in [1.807, 2.05) is 24.3 Å². The quantitative estimate of drug-likeness (QED) is 0.271. The third-order valence-electron chi connectivity index (χ3n) is 4.59. The number of hydrogen-bond donors (Lipinski definition) is 0. The van der Waals surface area contributed by atoms with Crippen LogP contribution in [0, 0.1) is 0 Å². The Kier molecular flexibility index (Phi) is 3.02. The van der Waals surface area contributed by atoms with E-state index in [1.165, 1.54) is 20.2 Å². The Labute approximate surface area is 147 Å². The third-order valence-corrected chi connectivity index (χ3v) is 5.72. The summed E-state index contributed by atoms with van der Waals surface area (Å²) in [4.78, 5) is 8.23. The van der Waals surface area contributed by atoms with Gasteiger partial charge in [-0.15, -0.1) is 11.3 Å². The maximum absolute atomic E-state index is 6.02. The summed E-state index contributed by atoms with van der Waals surface area (Å²) in [5.74, 6) is 0.663. The van der Waals surface area contributed by atoms with Crippen molar-refractivity contribution in [2.24, 2.45) is 9.98 Å². The fourth-order valence-electron chi connectivity index (χ4n) is 3.43. The smallest absolute Gasteiger partial charge is 0.153 e. The zero-order chi connectivity index (χ0) is 17.0. The second-order valence-electron chi connectivity index (χ2n) is 5.96. The standard InChI is InChI=1S/C21H14N2OS/c1-22-21(23-2)12-7-8-19-15(9-12)16-10-14-13-5-3-4-6-17(13)24-18(14)11-20(16)25-19/h3-11H,1H2,2H3. The number of aliphatic imine (C=N–C) groups is 2. The first-order chi connectivity index (χ1) is 12.3. The van der Waals surface area contributed by atoms with E-state index < -0.39 is 0 Å². The number of rotatable bonds is 1. The molecule has 2 heterocycles. The van der Waals surface area contributed by atoms with Crippen LogP contribution in [-0.2, 0) is 0 Å². The summed E-state index contributed by atoms with van der Waals surface area (Å²) in [6.45, 7) is 3.62. The van der Waals surface area contributed by atoms with Crippen molar-refractivity contribution in [3.8, 4) is 0 Å². The van der Waals surface area contributed by atoms with Crippen molar-refractivity contribution in [3.63, 3.8) is 0 Å². The molecule has 0 saturated carbocycles. The van der Waals surface area contributed by atoms with E-state index in [-0.39, 0.29) is 0 Å². The van der Waals surface area contributed by atoms with Gasteiger partial charge in [-0.1, -0.05) is 18.2 Å². The summed E-state index contributed by atoms with van der Waals surface area (Å²) in [7, 11) is 1.74. The average Bonchev–Trinajstić information content (AvgIpc) is 3.18. The van der Waals surface area contributed by atoms with Gasteiger partial charge in [0.15, 0.2) is 5.84 Å². The van der Waals surface area contributed by atoms with Gasteiger partial charge in [-0.2, -0.15) is 0 Å². The van der Waals surface area contributed by atoms with E-state index in [2.05, 4.69) is 47.0 Å². The number of thiophene rings is 1. The number of hydrogen-bond acceptors (Lipinski definition) is 3. The maximum Gasteiger partial charge on any atom is 0.153 e. The predicted octanol–water partition coefficient (Wildman–Crippen LogP) is 6.03. The van der Waals surface area contributed by atoms with Crippen molar-refractivity contribution in [2.45, 2.75) is 0 Å². The summed E-state index contributed by atoms with van der Waals surface area (Å²) < 4.78 is 8.49. The van der Waals surface area contributed by atoms with Crippen LogP contribution in [0.25, 0.3) is 42.1 Å². The minimum atomic E-state index is 0.663. The third kappa shape index (κ3) is 2.04. The predicted molar refractivity (Wildman–Crippen MR) is 109 cm³/mol.